The molecule has 3 heteroatoms. The lowest BCUT2D eigenvalue weighted by atomic mass is 9.65. The highest BCUT2D eigenvalue weighted by Crippen LogP contribution is 2.59. The molecule has 0 amide bonds. The van der Waals surface area contributed by atoms with Crippen molar-refractivity contribution in [2.45, 2.75) is 103 Å². The van der Waals surface area contributed by atoms with Crippen LogP contribution in [0.5, 0.6) is 0 Å². The summed E-state index contributed by atoms with van der Waals surface area (Å²) >= 11 is 0. The van der Waals surface area contributed by atoms with Crippen LogP contribution in [-0.4, -0.2) is 34.6 Å². The van der Waals surface area contributed by atoms with Gasteiger partial charge in [0.25, 0.3) is 0 Å². The van der Waals surface area contributed by atoms with Gasteiger partial charge in [-0.15, -0.1) is 0 Å². The molecule has 3 nitrogen and oxygen atoms in total. The van der Waals surface area contributed by atoms with E-state index in [-0.39, 0.29) is 34.2 Å². The molecular weight excluding hydrogens is 300 g/mol. The molecule has 7 atom stereocenters. The summed E-state index contributed by atoms with van der Waals surface area (Å²) in [4.78, 5) is 0. The van der Waals surface area contributed by atoms with Crippen molar-refractivity contribution in [3.05, 3.63) is 11.6 Å². The first-order valence-corrected chi connectivity index (χ1v) is 9.74. The molecule has 2 aliphatic carbocycles. The van der Waals surface area contributed by atoms with E-state index in [2.05, 4.69) is 47.6 Å². The van der Waals surface area contributed by atoms with E-state index in [1.165, 1.54) is 5.57 Å². The summed E-state index contributed by atoms with van der Waals surface area (Å²) < 4.78 is 12.2. The summed E-state index contributed by atoms with van der Waals surface area (Å²) in [7, 11) is 0. The molecule has 4 rings (SSSR count). The standard InChI is InChI=1S/C21H34O3/c1-18(2,3)14-11-15(22)19(4)12-17-21(6,24-17)10-8-16-20(5,23-16)9-7-13(14)19/h11,13,15-17,22H,7-10,12H2,1-6H3/t13-,15+,16-,17-,19+,20-,21-/m1/s1. The molecule has 0 aromatic heterocycles. The van der Waals surface area contributed by atoms with E-state index in [4.69, 9.17) is 9.47 Å². The Morgan fingerprint density at radius 1 is 1.00 bits per heavy atom. The predicted molar refractivity (Wildman–Crippen MR) is 94.8 cm³/mol. The number of fused-ring (bicyclic) bond motifs is 3. The average Bonchev–Trinajstić information content (AvgIpc) is 3.27. The third-order valence-electron chi connectivity index (χ3n) is 7.58. The summed E-state index contributed by atoms with van der Waals surface area (Å²) in [6.45, 7) is 13.6. The van der Waals surface area contributed by atoms with Crippen molar-refractivity contribution in [3.8, 4) is 0 Å². The average molecular weight is 335 g/mol. The molecule has 1 saturated carbocycles. The van der Waals surface area contributed by atoms with E-state index in [9.17, 15) is 5.11 Å². The minimum absolute atomic E-state index is 0.00499. The van der Waals surface area contributed by atoms with Crippen molar-refractivity contribution in [1.82, 2.24) is 0 Å². The lowest BCUT2D eigenvalue weighted by Crippen LogP contribution is -2.38. The summed E-state index contributed by atoms with van der Waals surface area (Å²) in [5.74, 6) is 0.417. The molecule has 4 aliphatic rings. The number of hydrogen-bond donors (Lipinski definition) is 1. The molecule has 1 N–H and O–H groups in total. The summed E-state index contributed by atoms with van der Waals surface area (Å²) in [5, 5.41) is 11.0. The van der Waals surface area contributed by atoms with Gasteiger partial charge in [0.2, 0.25) is 0 Å². The zero-order chi connectivity index (χ0) is 17.5. The first-order chi connectivity index (χ1) is 11.0. The third-order valence-corrected chi connectivity index (χ3v) is 7.58. The fourth-order valence-electron chi connectivity index (χ4n) is 5.45. The molecule has 0 aromatic carbocycles. The number of aliphatic hydroxyl groups is 1. The molecule has 0 bridgehead atoms. The highest BCUT2D eigenvalue weighted by atomic mass is 16.6. The second-order valence-corrected chi connectivity index (χ2v) is 10.5. The van der Waals surface area contributed by atoms with Gasteiger partial charge in [-0.2, -0.15) is 0 Å². The number of hydrogen-bond acceptors (Lipinski definition) is 3. The monoisotopic (exact) mass is 334 g/mol. The largest absolute Gasteiger partial charge is 0.388 e. The number of aliphatic hydroxyl groups excluding tert-OH is 1. The lowest BCUT2D eigenvalue weighted by molar-refractivity contribution is 0.0327. The fraction of sp³-hybridized carbons (Fsp3) is 0.905. The van der Waals surface area contributed by atoms with Gasteiger partial charge in [0.15, 0.2) is 0 Å². The van der Waals surface area contributed by atoms with E-state index in [1.54, 1.807) is 0 Å². The maximum atomic E-state index is 11.0. The Balaban J connectivity index is 1.67. The molecule has 2 saturated heterocycles. The van der Waals surface area contributed by atoms with E-state index >= 15 is 0 Å². The Morgan fingerprint density at radius 2 is 1.58 bits per heavy atom. The second-order valence-electron chi connectivity index (χ2n) is 10.5. The van der Waals surface area contributed by atoms with E-state index in [1.807, 2.05) is 0 Å². The number of ether oxygens (including phenoxy) is 2. The van der Waals surface area contributed by atoms with Crippen LogP contribution < -0.4 is 0 Å². The highest BCUT2D eigenvalue weighted by molar-refractivity contribution is 5.29. The normalized spacial score (nSPS) is 54.0. The summed E-state index contributed by atoms with van der Waals surface area (Å²) in [6, 6.07) is 0. The Morgan fingerprint density at radius 3 is 2.25 bits per heavy atom. The van der Waals surface area contributed by atoms with Crippen LogP contribution in [0.3, 0.4) is 0 Å². The van der Waals surface area contributed by atoms with Gasteiger partial charge in [-0.25, -0.2) is 0 Å². The van der Waals surface area contributed by atoms with Gasteiger partial charge in [0.1, 0.15) is 0 Å². The molecule has 0 spiro atoms. The maximum absolute atomic E-state index is 11.0. The number of allylic oxidation sites excluding steroid dienone is 1. The molecule has 24 heavy (non-hydrogen) atoms. The van der Waals surface area contributed by atoms with Crippen LogP contribution in [0, 0.1) is 16.7 Å². The first-order valence-electron chi connectivity index (χ1n) is 9.74. The zero-order valence-electron chi connectivity index (χ0n) is 16.2. The Hall–Kier alpha value is -0.380. The molecule has 3 fully saturated rings. The van der Waals surface area contributed by atoms with E-state index in [0.29, 0.717) is 12.0 Å². The van der Waals surface area contributed by atoms with Crippen molar-refractivity contribution >= 4 is 0 Å². The number of rotatable bonds is 0. The molecule has 0 aromatic rings. The van der Waals surface area contributed by atoms with Crippen LogP contribution in [0.1, 0.15) is 73.6 Å². The Labute approximate surface area is 146 Å². The lowest BCUT2D eigenvalue weighted by Gasteiger charge is -2.39. The topological polar surface area (TPSA) is 45.3 Å². The van der Waals surface area contributed by atoms with Crippen molar-refractivity contribution in [3.63, 3.8) is 0 Å². The van der Waals surface area contributed by atoms with Gasteiger partial charge in [0.05, 0.1) is 29.5 Å². The van der Waals surface area contributed by atoms with Gasteiger partial charge < -0.3 is 14.6 Å². The maximum Gasteiger partial charge on any atom is 0.0921 e. The van der Waals surface area contributed by atoms with Crippen molar-refractivity contribution < 1.29 is 14.6 Å². The minimum Gasteiger partial charge on any atom is -0.388 e. The zero-order valence-corrected chi connectivity index (χ0v) is 16.2. The van der Waals surface area contributed by atoms with E-state index < -0.39 is 0 Å². The first kappa shape index (κ1) is 17.1. The molecule has 2 aliphatic heterocycles. The van der Waals surface area contributed by atoms with Crippen LogP contribution in [0.15, 0.2) is 11.6 Å². The van der Waals surface area contributed by atoms with Gasteiger partial charge in [-0.05, 0) is 57.3 Å². The minimum atomic E-state index is -0.366. The fourth-order valence-corrected chi connectivity index (χ4v) is 5.45. The van der Waals surface area contributed by atoms with Crippen molar-refractivity contribution in [2.75, 3.05) is 0 Å². The quantitative estimate of drug-likeness (QED) is 0.532. The third kappa shape index (κ3) is 2.50. The Kier molecular flexibility index (Phi) is 3.46. The summed E-state index contributed by atoms with van der Waals surface area (Å²) in [5.41, 5.74) is 1.45. The van der Waals surface area contributed by atoms with Crippen LogP contribution in [0.25, 0.3) is 0 Å². The molecular formula is C21H34O3. The molecule has 0 unspecified atom stereocenters. The molecule has 2 heterocycles. The van der Waals surface area contributed by atoms with Crippen LogP contribution in [-0.2, 0) is 9.47 Å². The molecule has 0 radical (unpaired) electrons. The second kappa shape index (κ2) is 4.86. The van der Waals surface area contributed by atoms with Crippen molar-refractivity contribution in [1.29, 1.82) is 0 Å². The molecule has 136 valence electrons. The van der Waals surface area contributed by atoms with Gasteiger partial charge in [-0.1, -0.05) is 39.3 Å². The summed E-state index contributed by atoms with van der Waals surface area (Å²) in [6.07, 6.45) is 7.83. The SMILES string of the molecule is CC(C)(C)C1=C[C@H](O)[C@@]2(C)C[C@H]3O[C@]3(C)CC[C@H]3O[C@]3(C)CC[C@H]12. The van der Waals surface area contributed by atoms with E-state index in [0.717, 1.165) is 32.1 Å². The van der Waals surface area contributed by atoms with Crippen LogP contribution in [0.4, 0.5) is 0 Å². The predicted octanol–water partition coefficient (Wildman–Crippen LogP) is 4.24. The number of epoxide rings is 2. The van der Waals surface area contributed by atoms with Crippen LogP contribution >= 0.6 is 0 Å². The van der Waals surface area contributed by atoms with Gasteiger partial charge >= 0.3 is 0 Å². The van der Waals surface area contributed by atoms with Gasteiger partial charge in [0, 0.05) is 5.41 Å². The highest BCUT2D eigenvalue weighted by Gasteiger charge is 2.62. The van der Waals surface area contributed by atoms with Crippen LogP contribution in [0.2, 0.25) is 0 Å². The smallest absolute Gasteiger partial charge is 0.0921 e. The Bertz CT molecular complexity index is 576. The van der Waals surface area contributed by atoms with Gasteiger partial charge in [-0.3, -0.25) is 0 Å². The van der Waals surface area contributed by atoms with Crippen molar-refractivity contribution in [2.24, 2.45) is 16.7 Å².